The normalized spacial score (nSPS) is 12.8. The van der Waals surface area contributed by atoms with Crippen LogP contribution in [0.4, 0.5) is 0 Å². The lowest BCUT2D eigenvalue weighted by molar-refractivity contribution is 0.152. The molecule has 0 aliphatic heterocycles. The summed E-state index contributed by atoms with van der Waals surface area (Å²) in [7, 11) is -10.9. The van der Waals surface area contributed by atoms with E-state index >= 15 is 0 Å². The summed E-state index contributed by atoms with van der Waals surface area (Å²) in [5.41, 5.74) is 0.283. The number of rotatable bonds is 6. The average Bonchev–Trinajstić information content (AvgIpc) is 2.48. The van der Waals surface area contributed by atoms with Crippen LogP contribution in [0.3, 0.4) is 0 Å². The van der Waals surface area contributed by atoms with E-state index in [-0.39, 0.29) is 17.1 Å². The standard InChI is InChI=1S/C14H15IO8P2/c15-11-3-1-10(2-4-11)9-14(24(17,18)19,25(20,21)22)23-13-7-5-12(16)6-8-13/h1-8,16H,9H2,(H2,17,18,19)(H2,20,21,22). The van der Waals surface area contributed by atoms with E-state index < -0.39 is 26.7 Å². The van der Waals surface area contributed by atoms with Crippen molar-refractivity contribution in [2.75, 3.05) is 0 Å². The molecule has 0 bridgehead atoms. The summed E-state index contributed by atoms with van der Waals surface area (Å²) in [6.07, 6.45) is -0.709. The SMILES string of the molecule is O=P(O)(O)C(Cc1ccc(I)cc1)(Oc1ccc(O)cc1)P(=O)(O)O. The fraction of sp³-hybridized carbons (Fsp3) is 0.143. The number of aromatic hydroxyl groups is 1. The molecule has 0 saturated heterocycles. The van der Waals surface area contributed by atoms with E-state index in [2.05, 4.69) is 0 Å². The Morgan fingerprint density at radius 2 is 1.36 bits per heavy atom. The molecule has 2 rings (SSSR count). The van der Waals surface area contributed by atoms with Crippen LogP contribution in [0, 0.1) is 3.57 Å². The topological polar surface area (TPSA) is 145 Å². The van der Waals surface area contributed by atoms with Gasteiger partial charge in [0.25, 0.3) is 0 Å². The fourth-order valence-corrected chi connectivity index (χ4v) is 5.04. The number of ether oxygens (including phenoxy) is 1. The molecule has 8 nitrogen and oxygen atoms in total. The highest BCUT2D eigenvalue weighted by atomic mass is 127. The molecule has 0 radical (unpaired) electrons. The summed E-state index contributed by atoms with van der Waals surface area (Å²) in [4.78, 5) is 39.0. The van der Waals surface area contributed by atoms with E-state index in [9.17, 15) is 33.8 Å². The van der Waals surface area contributed by atoms with Crippen molar-refractivity contribution in [3.8, 4) is 11.5 Å². The molecule has 0 aliphatic carbocycles. The van der Waals surface area contributed by atoms with Crippen LogP contribution in [-0.4, -0.2) is 29.8 Å². The van der Waals surface area contributed by atoms with E-state index in [1.54, 1.807) is 12.1 Å². The molecule has 0 heterocycles. The van der Waals surface area contributed by atoms with Crippen molar-refractivity contribution in [2.24, 2.45) is 0 Å². The Bertz CT molecular complexity index is 753. The van der Waals surface area contributed by atoms with Crippen LogP contribution < -0.4 is 4.74 Å². The first-order chi connectivity index (χ1) is 11.4. The molecular weight excluding hydrogens is 485 g/mol. The summed E-state index contributed by atoms with van der Waals surface area (Å²) in [5.74, 6) is -0.335. The van der Waals surface area contributed by atoms with Gasteiger partial charge in [0.05, 0.1) is 0 Å². The van der Waals surface area contributed by atoms with Gasteiger partial charge in [-0.05, 0) is 64.6 Å². The predicted molar refractivity (Wildman–Crippen MR) is 98.4 cm³/mol. The molecule has 0 atom stereocenters. The van der Waals surface area contributed by atoms with Crippen molar-refractivity contribution >= 4 is 37.8 Å². The molecule has 2 aromatic carbocycles. The number of benzene rings is 2. The predicted octanol–water partition coefficient (Wildman–Crippen LogP) is 2.63. The van der Waals surface area contributed by atoms with E-state index in [4.69, 9.17) is 4.74 Å². The maximum atomic E-state index is 12.1. The molecule has 2 aromatic rings. The average molecular weight is 500 g/mol. The van der Waals surface area contributed by atoms with E-state index in [0.717, 1.165) is 15.7 Å². The number of phenolic OH excluding ortho intramolecular Hbond substituents is 1. The van der Waals surface area contributed by atoms with Crippen LogP contribution in [0.25, 0.3) is 0 Å². The fourth-order valence-electron chi connectivity index (χ4n) is 2.10. The number of hydrogen-bond acceptors (Lipinski definition) is 4. The van der Waals surface area contributed by atoms with Gasteiger partial charge >= 0.3 is 20.3 Å². The van der Waals surface area contributed by atoms with Crippen LogP contribution in [0.1, 0.15) is 5.56 Å². The quantitative estimate of drug-likeness (QED) is 0.301. The maximum absolute atomic E-state index is 12.1. The molecule has 0 fully saturated rings. The van der Waals surface area contributed by atoms with Gasteiger partial charge in [0.15, 0.2) is 0 Å². The van der Waals surface area contributed by atoms with Crippen LogP contribution in [0.2, 0.25) is 0 Å². The summed E-state index contributed by atoms with van der Waals surface area (Å²) in [6, 6.07) is 10.9. The van der Waals surface area contributed by atoms with Gasteiger partial charge in [-0.2, -0.15) is 0 Å². The van der Waals surface area contributed by atoms with Crippen molar-refractivity contribution in [3.05, 3.63) is 57.7 Å². The first-order valence-corrected chi connectivity index (χ1v) is 11.1. The van der Waals surface area contributed by atoms with Gasteiger partial charge in [0.2, 0.25) is 0 Å². The largest absolute Gasteiger partial charge is 0.508 e. The lowest BCUT2D eigenvalue weighted by atomic mass is 10.1. The third-order valence-electron chi connectivity index (χ3n) is 3.38. The Morgan fingerprint density at radius 1 is 0.880 bits per heavy atom. The zero-order valence-electron chi connectivity index (χ0n) is 12.6. The zero-order chi connectivity index (χ0) is 18.9. The maximum Gasteiger partial charge on any atom is 0.381 e. The van der Waals surface area contributed by atoms with Crippen molar-refractivity contribution in [1.29, 1.82) is 0 Å². The van der Waals surface area contributed by atoms with Gasteiger partial charge in [-0.15, -0.1) is 0 Å². The minimum Gasteiger partial charge on any atom is -0.508 e. The molecule has 25 heavy (non-hydrogen) atoms. The van der Waals surface area contributed by atoms with Gasteiger partial charge in [0.1, 0.15) is 11.5 Å². The van der Waals surface area contributed by atoms with Crippen LogP contribution in [0.5, 0.6) is 11.5 Å². The third kappa shape index (κ3) is 4.62. The van der Waals surface area contributed by atoms with Gasteiger partial charge in [-0.3, -0.25) is 9.13 Å². The first kappa shape index (κ1) is 20.4. The highest BCUT2D eigenvalue weighted by Crippen LogP contribution is 2.70. The minimum absolute atomic E-state index is 0.136. The van der Waals surface area contributed by atoms with Crippen molar-refractivity contribution in [2.45, 2.75) is 11.5 Å². The summed E-state index contributed by atoms with van der Waals surface area (Å²) < 4.78 is 30.2. The molecule has 0 spiro atoms. The molecule has 0 aromatic heterocycles. The summed E-state index contributed by atoms with van der Waals surface area (Å²) in [5, 5.41) is 6.19. The monoisotopic (exact) mass is 500 g/mol. The first-order valence-electron chi connectivity index (χ1n) is 6.78. The molecule has 0 aliphatic rings. The van der Waals surface area contributed by atoms with Gasteiger partial charge < -0.3 is 29.4 Å². The van der Waals surface area contributed by atoms with Gasteiger partial charge in [-0.25, -0.2) is 0 Å². The molecule has 0 amide bonds. The highest BCUT2D eigenvalue weighted by molar-refractivity contribution is 14.1. The molecular formula is C14H15IO8P2. The molecule has 5 N–H and O–H groups in total. The minimum atomic E-state index is -5.43. The molecule has 136 valence electrons. The zero-order valence-corrected chi connectivity index (χ0v) is 16.5. The summed E-state index contributed by atoms with van der Waals surface area (Å²) in [6.45, 7) is 0. The van der Waals surface area contributed by atoms with E-state index in [1.165, 1.54) is 24.3 Å². The van der Waals surface area contributed by atoms with Crippen LogP contribution in [-0.2, 0) is 15.6 Å². The lowest BCUT2D eigenvalue weighted by Crippen LogP contribution is -2.38. The molecule has 0 saturated carbocycles. The second kappa shape index (κ2) is 7.36. The Kier molecular flexibility index (Phi) is 6.00. The van der Waals surface area contributed by atoms with E-state index in [1.807, 2.05) is 22.6 Å². The van der Waals surface area contributed by atoms with Crippen molar-refractivity contribution < 1.29 is 38.5 Å². The van der Waals surface area contributed by atoms with Gasteiger partial charge in [-0.1, -0.05) is 12.1 Å². The van der Waals surface area contributed by atoms with E-state index in [0.29, 0.717) is 0 Å². The van der Waals surface area contributed by atoms with Crippen molar-refractivity contribution in [1.82, 2.24) is 0 Å². The van der Waals surface area contributed by atoms with Crippen molar-refractivity contribution in [3.63, 3.8) is 0 Å². The lowest BCUT2D eigenvalue weighted by Gasteiger charge is -2.35. The highest BCUT2D eigenvalue weighted by Gasteiger charge is 2.63. The second-order valence-electron chi connectivity index (χ2n) is 5.23. The Hall–Kier alpha value is -0.930. The Labute approximate surface area is 156 Å². The number of hydrogen-bond donors (Lipinski definition) is 5. The Morgan fingerprint density at radius 3 is 1.80 bits per heavy atom. The number of phenols is 1. The second-order valence-corrected chi connectivity index (χ2v) is 10.4. The number of halogens is 1. The molecule has 11 heteroatoms. The Balaban J connectivity index is 2.56. The summed E-state index contributed by atoms with van der Waals surface area (Å²) >= 11 is 2.03. The third-order valence-corrected chi connectivity index (χ3v) is 7.98. The van der Waals surface area contributed by atoms with Crippen LogP contribution in [0.15, 0.2) is 48.5 Å². The smallest absolute Gasteiger partial charge is 0.381 e. The van der Waals surface area contributed by atoms with Gasteiger partial charge in [0, 0.05) is 9.99 Å². The molecule has 0 unspecified atom stereocenters. The van der Waals surface area contributed by atoms with Crippen LogP contribution >= 0.6 is 37.8 Å².